The molecule has 128 valence electrons. The molecule has 1 saturated carbocycles. The van der Waals surface area contributed by atoms with Gasteiger partial charge in [0.2, 0.25) is 0 Å². The maximum atomic E-state index is 12.0. The van der Waals surface area contributed by atoms with E-state index < -0.39 is 0 Å². The van der Waals surface area contributed by atoms with Crippen LogP contribution < -0.4 is 0 Å². The highest BCUT2D eigenvalue weighted by Gasteiger charge is 2.23. The molecule has 1 N–H and O–H groups in total. The summed E-state index contributed by atoms with van der Waals surface area (Å²) in [4.78, 5) is 14.4. The van der Waals surface area contributed by atoms with Crippen LogP contribution in [0.3, 0.4) is 0 Å². The van der Waals surface area contributed by atoms with Gasteiger partial charge in [-0.1, -0.05) is 25.3 Å². The third-order valence-corrected chi connectivity index (χ3v) is 5.32. The van der Waals surface area contributed by atoms with Gasteiger partial charge in [0.15, 0.2) is 5.78 Å². The minimum absolute atomic E-state index is 0.146. The first-order chi connectivity index (χ1) is 11.0. The number of hydrogen-bond acceptors (Lipinski definition) is 3. The third-order valence-electron chi connectivity index (χ3n) is 5.32. The molecular weight excluding hydrogens is 286 g/mol. The topological polar surface area (TPSA) is 40.5 Å². The molecule has 0 aromatic heterocycles. The van der Waals surface area contributed by atoms with Gasteiger partial charge in [-0.25, -0.2) is 0 Å². The van der Waals surface area contributed by atoms with E-state index in [0.29, 0.717) is 12.6 Å². The number of aliphatic hydroxyl groups excluding tert-OH is 1. The molecule has 1 aliphatic carbocycles. The molecule has 0 bridgehead atoms. The highest BCUT2D eigenvalue weighted by molar-refractivity contribution is 5.97. The van der Waals surface area contributed by atoms with Gasteiger partial charge < -0.3 is 5.11 Å². The molecule has 0 spiro atoms. The van der Waals surface area contributed by atoms with Crippen molar-refractivity contribution >= 4 is 5.78 Å². The van der Waals surface area contributed by atoms with E-state index in [0.717, 1.165) is 23.2 Å². The first kappa shape index (κ1) is 18.2. The molecule has 1 aromatic carbocycles. The van der Waals surface area contributed by atoms with Crippen LogP contribution in [0.15, 0.2) is 6.07 Å². The molecule has 3 nitrogen and oxygen atoms in total. The molecule has 0 atom stereocenters. The average molecular weight is 317 g/mol. The Labute approximate surface area is 140 Å². The zero-order valence-electron chi connectivity index (χ0n) is 15.1. The Morgan fingerprint density at radius 1 is 1.17 bits per heavy atom. The van der Waals surface area contributed by atoms with Crippen LogP contribution in [-0.2, 0) is 6.54 Å². The Hall–Kier alpha value is -1.19. The van der Waals surface area contributed by atoms with Crippen molar-refractivity contribution in [3.63, 3.8) is 0 Å². The van der Waals surface area contributed by atoms with Crippen LogP contribution in [0.4, 0.5) is 0 Å². The smallest absolute Gasteiger partial charge is 0.160 e. The van der Waals surface area contributed by atoms with Crippen molar-refractivity contribution in [2.75, 3.05) is 13.2 Å². The minimum Gasteiger partial charge on any atom is -0.395 e. The largest absolute Gasteiger partial charge is 0.395 e. The maximum absolute atomic E-state index is 12.0. The van der Waals surface area contributed by atoms with E-state index in [2.05, 4.69) is 24.8 Å². The number of Topliss-reactive ketones (excluding diaryl/α,β-unsaturated/α-hetero) is 1. The summed E-state index contributed by atoms with van der Waals surface area (Å²) in [5.74, 6) is 0.146. The molecule has 3 heteroatoms. The van der Waals surface area contributed by atoms with E-state index in [1.807, 2.05) is 6.92 Å². The van der Waals surface area contributed by atoms with Crippen LogP contribution in [0.25, 0.3) is 0 Å². The van der Waals surface area contributed by atoms with Crippen LogP contribution in [0, 0.1) is 20.8 Å². The lowest BCUT2D eigenvalue weighted by molar-refractivity contribution is 0.101. The molecule has 0 saturated heterocycles. The lowest BCUT2D eigenvalue weighted by Gasteiger charge is -2.35. The number of carbonyl (C=O) groups is 1. The van der Waals surface area contributed by atoms with Gasteiger partial charge in [-0.05, 0) is 62.8 Å². The summed E-state index contributed by atoms with van der Waals surface area (Å²) in [5.41, 5.74) is 5.58. The van der Waals surface area contributed by atoms with Gasteiger partial charge >= 0.3 is 0 Å². The quantitative estimate of drug-likeness (QED) is 0.808. The highest BCUT2D eigenvalue weighted by Crippen LogP contribution is 2.28. The number of nitrogens with zero attached hydrogens (tertiary/aromatic N) is 1. The lowest BCUT2D eigenvalue weighted by Crippen LogP contribution is -2.38. The van der Waals surface area contributed by atoms with Gasteiger partial charge in [0.25, 0.3) is 0 Å². The molecule has 0 unspecified atom stereocenters. The molecule has 1 aromatic rings. The Kier molecular flexibility index (Phi) is 6.37. The highest BCUT2D eigenvalue weighted by atomic mass is 16.3. The second kappa shape index (κ2) is 8.07. The van der Waals surface area contributed by atoms with Crippen LogP contribution in [0.2, 0.25) is 0 Å². The van der Waals surface area contributed by atoms with E-state index in [-0.39, 0.29) is 12.4 Å². The van der Waals surface area contributed by atoms with Gasteiger partial charge in [-0.15, -0.1) is 0 Å². The van der Waals surface area contributed by atoms with Crippen molar-refractivity contribution in [2.24, 2.45) is 0 Å². The SMILES string of the molecule is CC(=O)c1c(C)cc(C)c(CN(CCO)C2CCCCC2)c1C. The zero-order valence-corrected chi connectivity index (χ0v) is 15.1. The summed E-state index contributed by atoms with van der Waals surface area (Å²) in [6.07, 6.45) is 6.36. The molecular formula is C20H31NO2. The maximum Gasteiger partial charge on any atom is 0.160 e. The molecule has 0 radical (unpaired) electrons. The number of hydrogen-bond donors (Lipinski definition) is 1. The third kappa shape index (κ3) is 4.21. The van der Waals surface area contributed by atoms with E-state index in [1.54, 1.807) is 6.92 Å². The van der Waals surface area contributed by atoms with E-state index in [1.165, 1.54) is 43.2 Å². The fourth-order valence-electron chi connectivity index (χ4n) is 4.18. The van der Waals surface area contributed by atoms with Crippen molar-refractivity contribution in [1.29, 1.82) is 0 Å². The van der Waals surface area contributed by atoms with Gasteiger partial charge in [-0.3, -0.25) is 9.69 Å². The van der Waals surface area contributed by atoms with E-state index in [9.17, 15) is 9.90 Å². The first-order valence-corrected chi connectivity index (χ1v) is 8.91. The van der Waals surface area contributed by atoms with E-state index in [4.69, 9.17) is 0 Å². The number of aryl methyl sites for hydroxylation is 2. The molecule has 1 aliphatic rings. The fourth-order valence-corrected chi connectivity index (χ4v) is 4.18. The monoisotopic (exact) mass is 317 g/mol. The Morgan fingerprint density at radius 2 is 1.83 bits per heavy atom. The standard InChI is InChI=1S/C20H31NO2/c1-14-12-15(2)20(17(4)23)16(3)19(14)13-21(10-11-22)18-8-6-5-7-9-18/h12,18,22H,5-11,13H2,1-4H3. The predicted molar refractivity (Wildman–Crippen MR) is 95.0 cm³/mol. The number of aliphatic hydroxyl groups is 1. The Bertz CT molecular complexity index is 559. The van der Waals surface area contributed by atoms with Crippen molar-refractivity contribution in [1.82, 2.24) is 4.90 Å². The number of benzene rings is 1. The van der Waals surface area contributed by atoms with Gasteiger partial charge in [0.1, 0.15) is 0 Å². The molecule has 23 heavy (non-hydrogen) atoms. The fraction of sp³-hybridized carbons (Fsp3) is 0.650. The second-order valence-corrected chi connectivity index (χ2v) is 7.03. The molecule has 2 rings (SSSR count). The van der Waals surface area contributed by atoms with Crippen molar-refractivity contribution in [3.8, 4) is 0 Å². The second-order valence-electron chi connectivity index (χ2n) is 7.03. The van der Waals surface area contributed by atoms with Gasteiger partial charge in [0.05, 0.1) is 6.61 Å². The number of carbonyl (C=O) groups excluding carboxylic acids is 1. The summed E-state index contributed by atoms with van der Waals surface area (Å²) >= 11 is 0. The Morgan fingerprint density at radius 3 is 2.39 bits per heavy atom. The summed E-state index contributed by atoms with van der Waals surface area (Å²) in [6.45, 7) is 9.63. The zero-order chi connectivity index (χ0) is 17.0. The molecule has 0 heterocycles. The number of rotatable bonds is 6. The van der Waals surface area contributed by atoms with Gasteiger partial charge in [0, 0.05) is 24.7 Å². The van der Waals surface area contributed by atoms with E-state index >= 15 is 0 Å². The molecule has 1 fully saturated rings. The molecule has 0 aliphatic heterocycles. The predicted octanol–water partition coefficient (Wildman–Crippen LogP) is 3.94. The first-order valence-electron chi connectivity index (χ1n) is 8.91. The van der Waals surface area contributed by atoms with Crippen LogP contribution in [-0.4, -0.2) is 35.0 Å². The summed E-state index contributed by atoms with van der Waals surface area (Å²) in [7, 11) is 0. The Balaban J connectivity index is 2.32. The summed E-state index contributed by atoms with van der Waals surface area (Å²) in [5, 5.41) is 9.48. The van der Waals surface area contributed by atoms with Crippen molar-refractivity contribution in [3.05, 3.63) is 33.9 Å². The minimum atomic E-state index is 0.146. The summed E-state index contributed by atoms with van der Waals surface area (Å²) < 4.78 is 0. The van der Waals surface area contributed by atoms with Crippen LogP contribution >= 0.6 is 0 Å². The van der Waals surface area contributed by atoms with Crippen molar-refractivity contribution in [2.45, 2.75) is 72.4 Å². The van der Waals surface area contributed by atoms with Crippen molar-refractivity contribution < 1.29 is 9.90 Å². The summed E-state index contributed by atoms with van der Waals surface area (Å²) in [6, 6.07) is 2.70. The van der Waals surface area contributed by atoms with Crippen LogP contribution in [0.5, 0.6) is 0 Å². The van der Waals surface area contributed by atoms with Gasteiger partial charge in [-0.2, -0.15) is 0 Å². The van der Waals surface area contributed by atoms with Crippen LogP contribution in [0.1, 0.15) is 71.6 Å². The average Bonchev–Trinajstić information content (AvgIpc) is 2.50. The number of ketones is 1. The lowest BCUT2D eigenvalue weighted by atomic mass is 9.89. The molecule has 0 amide bonds. The normalized spacial score (nSPS) is 16.1.